The second-order valence-electron chi connectivity index (χ2n) is 7.08. The summed E-state index contributed by atoms with van der Waals surface area (Å²) in [6.45, 7) is 4.17. The lowest BCUT2D eigenvalue weighted by molar-refractivity contribution is 0.0908. The van der Waals surface area contributed by atoms with Crippen molar-refractivity contribution in [1.29, 1.82) is 0 Å². The Hall–Kier alpha value is -2.96. The predicted molar refractivity (Wildman–Crippen MR) is 117 cm³/mol. The van der Waals surface area contributed by atoms with Crippen LogP contribution in [-0.2, 0) is 6.54 Å². The van der Waals surface area contributed by atoms with Crippen LogP contribution in [0.2, 0.25) is 0 Å². The molecule has 0 fully saturated rings. The standard InChI is InChI=1S/C23H22N2O3S/c1-15-7-6-8-16(2)21(15)28-12-18(26)11-25-14-24-22-20(23(25)27)19(13-29-22)17-9-4-3-5-10-17/h3-10,13-14,18,26H,11-12H2,1-2H3. The lowest BCUT2D eigenvalue weighted by Gasteiger charge is -2.16. The molecule has 2 aromatic heterocycles. The van der Waals surface area contributed by atoms with Crippen LogP contribution in [0, 0.1) is 13.8 Å². The van der Waals surface area contributed by atoms with E-state index in [0.717, 1.165) is 28.0 Å². The van der Waals surface area contributed by atoms with Gasteiger partial charge in [0.2, 0.25) is 0 Å². The van der Waals surface area contributed by atoms with Gasteiger partial charge in [0, 0.05) is 10.9 Å². The molecule has 6 heteroatoms. The molecular weight excluding hydrogens is 384 g/mol. The van der Waals surface area contributed by atoms with Crippen LogP contribution in [0.5, 0.6) is 5.75 Å². The quantitative estimate of drug-likeness (QED) is 0.522. The molecule has 0 aliphatic rings. The summed E-state index contributed by atoms with van der Waals surface area (Å²) in [5, 5.41) is 13.0. The molecule has 1 atom stereocenters. The summed E-state index contributed by atoms with van der Waals surface area (Å²) in [5.41, 5.74) is 3.74. The number of rotatable bonds is 6. The Bertz CT molecular complexity index is 1180. The van der Waals surface area contributed by atoms with E-state index in [0.29, 0.717) is 10.2 Å². The minimum absolute atomic E-state index is 0.103. The summed E-state index contributed by atoms with van der Waals surface area (Å²) in [4.78, 5) is 18.2. The summed E-state index contributed by atoms with van der Waals surface area (Å²) >= 11 is 1.45. The van der Waals surface area contributed by atoms with Gasteiger partial charge in [-0.05, 0) is 30.5 Å². The van der Waals surface area contributed by atoms with Crippen molar-refractivity contribution in [1.82, 2.24) is 9.55 Å². The van der Waals surface area contributed by atoms with Crippen LogP contribution in [0.1, 0.15) is 11.1 Å². The number of benzene rings is 2. The Kier molecular flexibility index (Phi) is 5.47. The van der Waals surface area contributed by atoms with E-state index in [1.165, 1.54) is 22.2 Å². The number of fused-ring (bicyclic) bond motifs is 1. The summed E-state index contributed by atoms with van der Waals surface area (Å²) < 4.78 is 7.28. The first-order chi connectivity index (χ1) is 14.0. The van der Waals surface area contributed by atoms with Crippen molar-refractivity contribution in [2.75, 3.05) is 6.61 Å². The van der Waals surface area contributed by atoms with Gasteiger partial charge in [0.25, 0.3) is 5.56 Å². The Morgan fingerprint density at radius 2 is 1.83 bits per heavy atom. The normalized spacial score (nSPS) is 12.2. The highest BCUT2D eigenvalue weighted by atomic mass is 32.1. The second-order valence-corrected chi connectivity index (χ2v) is 7.94. The number of aliphatic hydroxyl groups is 1. The molecule has 0 aliphatic heterocycles. The van der Waals surface area contributed by atoms with Gasteiger partial charge in [-0.3, -0.25) is 9.36 Å². The maximum Gasteiger partial charge on any atom is 0.262 e. The highest BCUT2D eigenvalue weighted by molar-refractivity contribution is 7.17. The number of para-hydroxylation sites is 1. The number of hydrogen-bond donors (Lipinski definition) is 1. The molecule has 4 rings (SSSR count). The van der Waals surface area contributed by atoms with Gasteiger partial charge in [0.1, 0.15) is 23.3 Å². The minimum Gasteiger partial charge on any atom is -0.490 e. The average molecular weight is 407 g/mol. The van der Waals surface area contributed by atoms with Gasteiger partial charge in [-0.1, -0.05) is 48.5 Å². The highest BCUT2D eigenvalue weighted by Gasteiger charge is 2.15. The van der Waals surface area contributed by atoms with Gasteiger partial charge in [0.15, 0.2) is 0 Å². The molecule has 2 aromatic carbocycles. The summed E-state index contributed by atoms with van der Waals surface area (Å²) in [6.07, 6.45) is 0.669. The molecular formula is C23H22N2O3S. The zero-order chi connectivity index (χ0) is 20.4. The van der Waals surface area contributed by atoms with Crippen molar-refractivity contribution in [3.8, 4) is 16.9 Å². The van der Waals surface area contributed by atoms with Crippen LogP contribution in [0.3, 0.4) is 0 Å². The fourth-order valence-electron chi connectivity index (χ4n) is 3.41. The molecule has 0 amide bonds. The highest BCUT2D eigenvalue weighted by Crippen LogP contribution is 2.30. The molecule has 0 aliphatic carbocycles. The minimum atomic E-state index is -0.829. The molecule has 0 spiro atoms. The number of hydrogen-bond acceptors (Lipinski definition) is 5. The Balaban J connectivity index is 1.57. The molecule has 0 bridgehead atoms. The maximum absolute atomic E-state index is 13.1. The van der Waals surface area contributed by atoms with Gasteiger partial charge < -0.3 is 9.84 Å². The number of thiophene rings is 1. The van der Waals surface area contributed by atoms with E-state index >= 15 is 0 Å². The van der Waals surface area contributed by atoms with Gasteiger partial charge >= 0.3 is 0 Å². The van der Waals surface area contributed by atoms with Crippen molar-refractivity contribution >= 4 is 21.6 Å². The lowest BCUT2D eigenvalue weighted by atomic mass is 10.1. The third-order valence-corrected chi connectivity index (χ3v) is 5.77. The van der Waals surface area contributed by atoms with Crippen LogP contribution in [0.4, 0.5) is 0 Å². The van der Waals surface area contributed by atoms with Crippen molar-refractivity contribution in [2.24, 2.45) is 0 Å². The van der Waals surface area contributed by atoms with E-state index in [4.69, 9.17) is 4.74 Å². The summed E-state index contributed by atoms with van der Waals surface area (Å²) in [7, 11) is 0. The molecule has 5 nitrogen and oxygen atoms in total. The van der Waals surface area contributed by atoms with Crippen molar-refractivity contribution in [3.63, 3.8) is 0 Å². The van der Waals surface area contributed by atoms with Crippen LogP contribution < -0.4 is 10.3 Å². The first-order valence-electron chi connectivity index (χ1n) is 9.43. The molecule has 0 radical (unpaired) electrons. The Morgan fingerprint density at radius 3 is 2.55 bits per heavy atom. The van der Waals surface area contributed by atoms with Crippen LogP contribution in [0.25, 0.3) is 21.3 Å². The Morgan fingerprint density at radius 1 is 1.10 bits per heavy atom. The van der Waals surface area contributed by atoms with Crippen molar-refractivity contribution in [3.05, 3.63) is 81.7 Å². The largest absolute Gasteiger partial charge is 0.490 e. The third kappa shape index (κ3) is 3.95. The number of ether oxygens (including phenoxy) is 1. The van der Waals surface area contributed by atoms with E-state index in [1.807, 2.05) is 67.8 Å². The zero-order valence-corrected chi connectivity index (χ0v) is 17.1. The first-order valence-corrected chi connectivity index (χ1v) is 10.3. The molecule has 2 heterocycles. The third-order valence-electron chi connectivity index (χ3n) is 4.88. The van der Waals surface area contributed by atoms with E-state index in [9.17, 15) is 9.90 Å². The van der Waals surface area contributed by atoms with Crippen molar-refractivity contribution in [2.45, 2.75) is 26.5 Å². The van der Waals surface area contributed by atoms with Crippen molar-refractivity contribution < 1.29 is 9.84 Å². The van der Waals surface area contributed by atoms with Crippen LogP contribution in [-0.4, -0.2) is 27.4 Å². The van der Waals surface area contributed by atoms with E-state index in [-0.39, 0.29) is 18.7 Å². The number of aromatic nitrogens is 2. The molecule has 148 valence electrons. The molecule has 0 saturated heterocycles. The molecule has 1 N–H and O–H groups in total. The van der Waals surface area contributed by atoms with E-state index < -0.39 is 6.10 Å². The van der Waals surface area contributed by atoms with Gasteiger partial charge in [0.05, 0.1) is 18.3 Å². The topological polar surface area (TPSA) is 64.3 Å². The number of aryl methyl sites for hydroxylation is 2. The average Bonchev–Trinajstić information content (AvgIpc) is 3.15. The fourth-order valence-corrected chi connectivity index (χ4v) is 4.32. The van der Waals surface area contributed by atoms with Crippen LogP contribution >= 0.6 is 11.3 Å². The van der Waals surface area contributed by atoms with Gasteiger partial charge in [-0.2, -0.15) is 0 Å². The van der Waals surface area contributed by atoms with E-state index in [1.54, 1.807) is 0 Å². The van der Waals surface area contributed by atoms with Gasteiger partial charge in [-0.15, -0.1) is 11.3 Å². The first kappa shape index (κ1) is 19.4. The number of aliphatic hydroxyl groups excluding tert-OH is 1. The summed E-state index contributed by atoms with van der Waals surface area (Å²) in [5.74, 6) is 0.775. The van der Waals surface area contributed by atoms with Crippen LogP contribution in [0.15, 0.2) is 65.0 Å². The predicted octanol–water partition coefficient (Wildman–Crippen LogP) is 4.18. The summed E-state index contributed by atoms with van der Waals surface area (Å²) in [6, 6.07) is 15.7. The monoisotopic (exact) mass is 406 g/mol. The Labute approximate surface area is 172 Å². The second kappa shape index (κ2) is 8.19. The van der Waals surface area contributed by atoms with E-state index in [2.05, 4.69) is 4.98 Å². The smallest absolute Gasteiger partial charge is 0.262 e. The maximum atomic E-state index is 13.1. The zero-order valence-electron chi connectivity index (χ0n) is 16.3. The molecule has 4 aromatic rings. The molecule has 29 heavy (non-hydrogen) atoms. The fraction of sp³-hybridized carbons (Fsp3) is 0.217. The lowest BCUT2D eigenvalue weighted by Crippen LogP contribution is -2.30. The number of nitrogens with zero attached hydrogens (tertiary/aromatic N) is 2. The van der Waals surface area contributed by atoms with Gasteiger partial charge in [-0.25, -0.2) is 4.98 Å². The SMILES string of the molecule is Cc1cccc(C)c1OCC(O)Cn1cnc2scc(-c3ccccc3)c2c1=O. The molecule has 1 unspecified atom stereocenters. The molecule has 0 saturated carbocycles.